The van der Waals surface area contributed by atoms with Crippen LogP contribution in [0.2, 0.25) is 0 Å². The van der Waals surface area contributed by atoms with Crippen LogP contribution in [0.3, 0.4) is 0 Å². The molecule has 27 heavy (non-hydrogen) atoms. The van der Waals surface area contributed by atoms with E-state index in [2.05, 4.69) is 11.0 Å². The molecule has 2 saturated heterocycles. The Morgan fingerprint density at radius 1 is 1.07 bits per heavy atom. The van der Waals surface area contributed by atoms with Gasteiger partial charge < -0.3 is 14.5 Å². The molecule has 1 amide bonds. The molecular formula is C20H26N4O2S. The lowest BCUT2D eigenvalue weighted by atomic mass is 9.89. The number of morpholine rings is 1. The molecule has 0 radical (unpaired) electrons. The fourth-order valence-corrected chi connectivity index (χ4v) is 5.13. The van der Waals surface area contributed by atoms with Gasteiger partial charge >= 0.3 is 0 Å². The van der Waals surface area contributed by atoms with Crippen molar-refractivity contribution in [2.45, 2.75) is 43.6 Å². The first-order valence-electron chi connectivity index (χ1n) is 9.97. The predicted molar refractivity (Wildman–Crippen MR) is 105 cm³/mol. The Hall–Kier alpha value is -1.78. The number of nitriles is 1. The normalized spacial score (nSPS) is 19.7. The Bertz CT molecular complexity index is 749. The first-order chi connectivity index (χ1) is 13.3. The number of rotatable bonds is 4. The highest BCUT2D eigenvalue weighted by Gasteiger charge is 2.27. The van der Waals surface area contributed by atoms with Gasteiger partial charge in [-0.3, -0.25) is 4.79 Å². The molecule has 1 aromatic heterocycles. The zero-order chi connectivity index (χ0) is 18.6. The summed E-state index contributed by atoms with van der Waals surface area (Å²) in [6.45, 7) is 4.82. The van der Waals surface area contributed by atoms with Gasteiger partial charge in [-0.2, -0.15) is 5.26 Å². The number of anilines is 1. The molecule has 6 nitrogen and oxygen atoms in total. The summed E-state index contributed by atoms with van der Waals surface area (Å²) < 4.78 is 5.50. The number of amides is 1. The average molecular weight is 387 g/mol. The molecule has 1 aromatic rings. The SMILES string of the molecule is N#Cc1c(SCC(=O)N2CCCC2)nc(N2CCOCC2)c2c1CCCC2. The van der Waals surface area contributed by atoms with E-state index in [9.17, 15) is 10.1 Å². The second-order valence-electron chi connectivity index (χ2n) is 7.37. The molecule has 0 saturated carbocycles. The third kappa shape index (κ3) is 3.92. The number of hydrogen-bond donors (Lipinski definition) is 0. The first-order valence-corrected chi connectivity index (χ1v) is 11.0. The Balaban J connectivity index is 1.63. The van der Waals surface area contributed by atoms with Crippen LogP contribution >= 0.6 is 11.8 Å². The summed E-state index contributed by atoms with van der Waals surface area (Å²) in [6, 6.07) is 2.40. The van der Waals surface area contributed by atoms with E-state index in [-0.39, 0.29) is 5.91 Å². The number of carbonyl (C=O) groups excluding carboxylic acids is 1. The maximum atomic E-state index is 12.5. The van der Waals surface area contributed by atoms with E-state index in [1.807, 2.05) is 4.90 Å². The molecule has 0 aromatic carbocycles. The number of pyridine rings is 1. The van der Waals surface area contributed by atoms with Crippen LogP contribution in [0.15, 0.2) is 5.03 Å². The topological polar surface area (TPSA) is 69.5 Å². The Morgan fingerprint density at radius 3 is 2.48 bits per heavy atom. The Morgan fingerprint density at radius 2 is 1.78 bits per heavy atom. The number of nitrogens with zero attached hydrogens (tertiary/aromatic N) is 4. The summed E-state index contributed by atoms with van der Waals surface area (Å²) in [5.41, 5.74) is 3.10. The lowest BCUT2D eigenvalue weighted by Crippen LogP contribution is -2.38. The number of fused-ring (bicyclic) bond motifs is 1. The van der Waals surface area contributed by atoms with Crippen LogP contribution in [0, 0.1) is 11.3 Å². The Kier molecular flexibility index (Phi) is 5.84. The van der Waals surface area contributed by atoms with Crippen molar-refractivity contribution >= 4 is 23.5 Å². The summed E-state index contributed by atoms with van der Waals surface area (Å²) in [4.78, 5) is 21.6. The summed E-state index contributed by atoms with van der Waals surface area (Å²) in [5.74, 6) is 1.54. The van der Waals surface area contributed by atoms with Crippen LogP contribution in [0.25, 0.3) is 0 Å². The van der Waals surface area contributed by atoms with Crippen molar-refractivity contribution in [3.63, 3.8) is 0 Å². The van der Waals surface area contributed by atoms with Gasteiger partial charge in [-0.15, -0.1) is 0 Å². The van der Waals surface area contributed by atoms with Crippen molar-refractivity contribution in [1.82, 2.24) is 9.88 Å². The Labute approximate surface area is 164 Å². The summed E-state index contributed by atoms with van der Waals surface area (Å²) in [6.07, 6.45) is 6.38. The van der Waals surface area contributed by atoms with Gasteiger partial charge in [-0.1, -0.05) is 11.8 Å². The van der Waals surface area contributed by atoms with E-state index in [4.69, 9.17) is 9.72 Å². The van der Waals surface area contributed by atoms with E-state index in [1.54, 1.807) is 0 Å². The largest absolute Gasteiger partial charge is 0.378 e. The third-order valence-corrected chi connectivity index (χ3v) is 6.63. The number of ether oxygens (including phenoxy) is 1. The molecule has 3 heterocycles. The van der Waals surface area contributed by atoms with Crippen LogP contribution in [0.4, 0.5) is 5.82 Å². The lowest BCUT2D eigenvalue weighted by molar-refractivity contribution is -0.127. The number of thioether (sulfide) groups is 1. The molecule has 1 aliphatic carbocycles. The molecule has 0 N–H and O–H groups in total. The van der Waals surface area contributed by atoms with E-state index in [0.717, 1.165) is 81.1 Å². The van der Waals surface area contributed by atoms with Crippen LogP contribution in [-0.4, -0.2) is 60.9 Å². The summed E-state index contributed by atoms with van der Waals surface area (Å²) in [7, 11) is 0. The fourth-order valence-electron chi connectivity index (χ4n) is 4.22. The molecule has 4 rings (SSSR count). The third-order valence-electron chi connectivity index (χ3n) is 5.67. The van der Waals surface area contributed by atoms with E-state index >= 15 is 0 Å². The maximum absolute atomic E-state index is 12.5. The highest BCUT2D eigenvalue weighted by atomic mass is 32.2. The minimum atomic E-state index is 0.161. The molecule has 0 bridgehead atoms. The smallest absolute Gasteiger partial charge is 0.232 e. The predicted octanol–water partition coefficient (Wildman–Crippen LogP) is 2.38. The number of carbonyl (C=O) groups is 1. The molecule has 144 valence electrons. The minimum Gasteiger partial charge on any atom is -0.378 e. The van der Waals surface area contributed by atoms with Gasteiger partial charge in [0, 0.05) is 26.2 Å². The highest BCUT2D eigenvalue weighted by molar-refractivity contribution is 8.00. The van der Waals surface area contributed by atoms with E-state index < -0.39 is 0 Å². The van der Waals surface area contributed by atoms with Gasteiger partial charge in [0.05, 0.1) is 24.5 Å². The standard InChI is InChI=1S/C20H26N4O2S/c21-13-17-15-5-1-2-6-16(15)19(24-9-11-26-12-10-24)22-20(17)27-14-18(25)23-7-3-4-8-23/h1-12,14H2. The minimum absolute atomic E-state index is 0.161. The number of hydrogen-bond acceptors (Lipinski definition) is 6. The van der Waals surface area contributed by atoms with Crippen LogP contribution in [-0.2, 0) is 22.4 Å². The van der Waals surface area contributed by atoms with Crippen molar-refractivity contribution in [3.05, 3.63) is 16.7 Å². The van der Waals surface area contributed by atoms with Gasteiger partial charge in [-0.05, 0) is 49.7 Å². The van der Waals surface area contributed by atoms with E-state index in [0.29, 0.717) is 24.5 Å². The lowest BCUT2D eigenvalue weighted by Gasteiger charge is -2.32. The highest BCUT2D eigenvalue weighted by Crippen LogP contribution is 2.36. The van der Waals surface area contributed by atoms with Crippen LogP contribution in [0.1, 0.15) is 42.4 Å². The second kappa shape index (κ2) is 8.49. The van der Waals surface area contributed by atoms with Gasteiger partial charge in [0.1, 0.15) is 16.9 Å². The molecule has 3 aliphatic rings. The second-order valence-corrected chi connectivity index (χ2v) is 8.33. The molecule has 2 fully saturated rings. The monoisotopic (exact) mass is 386 g/mol. The van der Waals surface area contributed by atoms with Crippen LogP contribution in [0.5, 0.6) is 0 Å². The molecule has 7 heteroatoms. The zero-order valence-electron chi connectivity index (χ0n) is 15.7. The van der Waals surface area contributed by atoms with Crippen molar-refractivity contribution in [2.24, 2.45) is 0 Å². The zero-order valence-corrected chi connectivity index (χ0v) is 16.5. The first kappa shape index (κ1) is 18.6. The van der Waals surface area contributed by atoms with Crippen molar-refractivity contribution in [3.8, 4) is 6.07 Å². The van der Waals surface area contributed by atoms with Gasteiger partial charge in [-0.25, -0.2) is 4.98 Å². The molecular weight excluding hydrogens is 360 g/mol. The molecule has 0 spiro atoms. The van der Waals surface area contributed by atoms with E-state index in [1.165, 1.54) is 17.3 Å². The molecule has 2 aliphatic heterocycles. The summed E-state index contributed by atoms with van der Waals surface area (Å²) >= 11 is 1.43. The van der Waals surface area contributed by atoms with Gasteiger partial charge in [0.25, 0.3) is 0 Å². The number of likely N-dealkylation sites (tertiary alicyclic amines) is 1. The van der Waals surface area contributed by atoms with Crippen molar-refractivity contribution in [1.29, 1.82) is 5.26 Å². The van der Waals surface area contributed by atoms with Gasteiger partial charge in [0.15, 0.2) is 0 Å². The molecule has 0 atom stereocenters. The maximum Gasteiger partial charge on any atom is 0.232 e. The quantitative estimate of drug-likeness (QED) is 0.740. The summed E-state index contributed by atoms with van der Waals surface area (Å²) in [5, 5.41) is 10.5. The van der Waals surface area contributed by atoms with Gasteiger partial charge in [0.2, 0.25) is 5.91 Å². The average Bonchev–Trinajstić information content (AvgIpc) is 3.27. The molecule has 0 unspecified atom stereocenters. The van der Waals surface area contributed by atoms with Crippen molar-refractivity contribution in [2.75, 3.05) is 50.0 Å². The van der Waals surface area contributed by atoms with Crippen molar-refractivity contribution < 1.29 is 9.53 Å². The number of aromatic nitrogens is 1. The fraction of sp³-hybridized carbons (Fsp3) is 0.650. The van der Waals surface area contributed by atoms with Crippen LogP contribution < -0.4 is 4.90 Å².